The molecule has 1 aliphatic carbocycles. The lowest BCUT2D eigenvalue weighted by molar-refractivity contribution is -0.120. The third kappa shape index (κ3) is 3.37. The largest absolute Gasteiger partial charge is 0.299 e. The van der Waals surface area contributed by atoms with Gasteiger partial charge in [-0.3, -0.25) is 9.79 Å². The van der Waals surface area contributed by atoms with Crippen molar-refractivity contribution >= 4 is 21.3 Å². The number of hydrogen-bond donors (Lipinski definition) is 0. The molecule has 1 heterocycles. The van der Waals surface area contributed by atoms with E-state index in [4.69, 9.17) is 0 Å². The maximum Gasteiger partial charge on any atom is 0.152 e. The minimum absolute atomic E-state index is 0.0222. The summed E-state index contributed by atoms with van der Waals surface area (Å²) in [7, 11) is -2.88. The quantitative estimate of drug-likeness (QED) is 0.713. The molecule has 0 aromatic rings. The predicted molar refractivity (Wildman–Crippen MR) is 67.1 cm³/mol. The molecule has 0 amide bonds. The second-order valence-electron chi connectivity index (χ2n) is 5.99. The third-order valence-electron chi connectivity index (χ3n) is 3.33. The summed E-state index contributed by atoms with van der Waals surface area (Å²) >= 11 is 0. The van der Waals surface area contributed by atoms with E-state index in [0.29, 0.717) is 19.3 Å². The number of ketones is 1. The van der Waals surface area contributed by atoms with E-state index >= 15 is 0 Å². The van der Waals surface area contributed by atoms with Crippen LogP contribution >= 0.6 is 0 Å². The summed E-state index contributed by atoms with van der Waals surface area (Å²) in [6, 6.07) is -0.114. The van der Waals surface area contributed by atoms with Crippen LogP contribution in [0.25, 0.3) is 0 Å². The zero-order valence-corrected chi connectivity index (χ0v) is 11.2. The number of hydrogen-bond acceptors (Lipinski definition) is 4. The highest BCUT2D eigenvalue weighted by Gasteiger charge is 2.32. The van der Waals surface area contributed by atoms with Crippen molar-refractivity contribution in [3.63, 3.8) is 0 Å². The second-order valence-corrected chi connectivity index (χ2v) is 8.21. The maximum absolute atomic E-state index is 11.6. The third-order valence-corrected chi connectivity index (χ3v) is 5.08. The van der Waals surface area contributed by atoms with Gasteiger partial charge in [-0.05, 0) is 18.3 Å². The van der Waals surface area contributed by atoms with Gasteiger partial charge in [0.15, 0.2) is 9.84 Å². The van der Waals surface area contributed by atoms with Gasteiger partial charge in [-0.25, -0.2) is 8.42 Å². The fraction of sp³-hybridized carbons (Fsp3) is 0.833. The van der Waals surface area contributed by atoms with E-state index in [-0.39, 0.29) is 28.7 Å². The first-order valence-corrected chi connectivity index (χ1v) is 7.86. The van der Waals surface area contributed by atoms with Crippen molar-refractivity contribution in [3.8, 4) is 0 Å². The molecule has 96 valence electrons. The molecule has 0 aromatic heterocycles. The molecule has 1 aliphatic heterocycles. The Kier molecular flexibility index (Phi) is 3.14. The first-order chi connectivity index (χ1) is 7.76. The van der Waals surface area contributed by atoms with E-state index in [1.54, 1.807) is 0 Å². The molecule has 0 radical (unpaired) electrons. The van der Waals surface area contributed by atoms with Crippen molar-refractivity contribution in [2.24, 2.45) is 10.4 Å². The van der Waals surface area contributed by atoms with Gasteiger partial charge in [0.1, 0.15) is 5.78 Å². The molecule has 1 saturated heterocycles. The van der Waals surface area contributed by atoms with Crippen LogP contribution in [0, 0.1) is 5.41 Å². The lowest BCUT2D eigenvalue weighted by Crippen LogP contribution is -2.30. The molecule has 0 unspecified atom stereocenters. The van der Waals surface area contributed by atoms with E-state index < -0.39 is 9.84 Å². The Hall–Kier alpha value is -0.710. The van der Waals surface area contributed by atoms with Crippen molar-refractivity contribution in [3.05, 3.63) is 0 Å². The van der Waals surface area contributed by atoms with Gasteiger partial charge in [-0.1, -0.05) is 13.8 Å². The van der Waals surface area contributed by atoms with Gasteiger partial charge in [-0.2, -0.15) is 0 Å². The van der Waals surface area contributed by atoms with Gasteiger partial charge in [0.2, 0.25) is 0 Å². The van der Waals surface area contributed by atoms with Crippen LogP contribution < -0.4 is 0 Å². The summed E-state index contributed by atoms with van der Waals surface area (Å²) in [6.45, 7) is 4.12. The number of carbonyl (C=O) groups excluding carboxylic acids is 1. The minimum atomic E-state index is -2.88. The number of nitrogens with zero attached hydrogens (tertiary/aromatic N) is 1. The first kappa shape index (κ1) is 12.7. The Morgan fingerprint density at radius 1 is 1.29 bits per heavy atom. The van der Waals surface area contributed by atoms with Gasteiger partial charge >= 0.3 is 0 Å². The molecular formula is C12H19NO3S. The van der Waals surface area contributed by atoms with Gasteiger partial charge in [-0.15, -0.1) is 0 Å². The number of aliphatic imine (C=N–C) groups is 1. The lowest BCUT2D eigenvalue weighted by Gasteiger charge is -2.29. The van der Waals surface area contributed by atoms with Gasteiger partial charge in [0.25, 0.3) is 0 Å². The predicted octanol–water partition coefficient (Wildman–Crippen LogP) is 1.39. The summed E-state index contributed by atoms with van der Waals surface area (Å²) in [5.74, 6) is 0.623. The van der Waals surface area contributed by atoms with Crippen LogP contribution in [0.1, 0.15) is 39.5 Å². The van der Waals surface area contributed by atoms with Crippen LogP contribution in [0.4, 0.5) is 0 Å². The topological polar surface area (TPSA) is 63.6 Å². The highest BCUT2D eigenvalue weighted by molar-refractivity contribution is 7.91. The monoisotopic (exact) mass is 257 g/mol. The highest BCUT2D eigenvalue weighted by atomic mass is 32.2. The molecule has 2 rings (SSSR count). The van der Waals surface area contributed by atoms with Crippen LogP contribution in [-0.4, -0.2) is 37.5 Å². The van der Waals surface area contributed by atoms with E-state index in [0.717, 1.165) is 12.1 Å². The van der Waals surface area contributed by atoms with Gasteiger partial charge < -0.3 is 0 Å². The number of Topliss-reactive ketones (excluding diaryl/α,β-unsaturated/α-hetero) is 1. The normalized spacial score (nSPS) is 34.1. The van der Waals surface area contributed by atoms with Crippen LogP contribution in [0.2, 0.25) is 0 Å². The van der Waals surface area contributed by atoms with Crippen LogP contribution in [0.3, 0.4) is 0 Å². The summed E-state index contributed by atoms with van der Waals surface area (Å²) in [4.78, 5) is 16.1. The first-order valence-electron chi connectivity index (χ1n) is 6.03. The van der Waals surface area contributed by atoms with E-state index in [1.165, 1.54) is 0 Å². The smallest absolute Gasteiger partial charge is 0.152 e. The Morgan fingerprint density at radius 3 is 2.53 bits per heavy atom. The summed E-state index contributed by atoms with van der Waals surface area (Å²) in [6.07, 6.45) is 2.45. The number of rotatable bonds is 1. The molecule has 1 saturated carbocycles. The van der Waals surface area contributed by atoms with E-state index in [9.17, 15) is 13.2 Å². The minimum Gasteiger partial charge on any atom is -0.299 e. The summed E-state index contributed by atoms with van der Waals surface area (Å²) < 4.78 is 22.7. The van der Waals surface area contributed by atoms with Crippen molar-refractivity contribution in [1.29, 1.82) is 0 Å². The molecule has 0 bridgehead atoms. The molecular weight excluding hydrogens is 238 g/mol. The Bertz CT molecular complexity index is 462. The molecule has 1 atom stereocenters. The maximum atomic E-state index is 11.6. The molecule has 17 heavy (non-hydrogen) atoms. The van der Waals surface area contributed by atoms with E-state index in [2.05, 4.69) is 18.8 Å². The van der Waals surface area contributed by atoms with Crippen LogP contribution in [0.5, 0.6) is 0 Å². The molecule has 0 aromatic carbocycles. The molecule has 5 heteroatoms. The summed E-state index contributed by atoms with van der Waals surface area (Å²) in [5.41, 5.74) is 0.874. The fourth-order valence-electron chi connectivity index (χ4n) is 2.73. The van der Waals surface area contributed by atoms with E-state index in [1.807, 2.05) is 0 Å². The fourth-order valence-corrected chi connectivity index (χ4v) is 4.35. The second kappa shape index (κ2) is 4.19. The van der Waals surface area contributed by atoms with Crippen LogP contribution in [0.15, 0.2) is 4.99 Å². The zero-order chi connectivity index (χ0) is 12.7. The number of sulfone groups is 1. The molecule has 0 N–H and O–H groups in total. The molecule has 4 nitrogen and oxygen atoms in total. The standard InChI is InChI=1S/C12H19NO3S/c1-12(2)6-10(5-11(14)7-12)13-9-3-4-17(15,16)8-9/h9H,3-8H2,1-2H3/t9-/m1/s1. The SMILES string of the molecule is CC1(C)CC(=O)CC(=N[C@@H]2CCS(=O)(=O)C2)C1. The van der Waals surface area contributed by atoms with Crippen molar-refractivity contribution < 1.29 is 13.2 Å². The van der Waals surface area contributed by atoms with Gasteiger partial charge in [0.05, 0.1) is 17.5 Å². The molecule has 2 aliphatic rings. The molecule has 2 fully saturated rings. The van der Waals surface area contributed by atoms with Crippen molar-refractivity contribution in [2.75, 3.05) is 11.5 Å². The highest BCUT2D eigenvalue weighted by Crippen LogP contribution is 2.32. The zero-order valence-electron chi connectivity index (χ0n) is 10.4. The number of carbonyl (C=O) groups is 1. The Labute approximate surface area is 102 Å². The van der Waals surface area contributed by atoms with Crippen LogP contribution in [-0.2, 0) is 14.6 Å². The Balaban J connectivity index is 2.10. The Morgan fingerprint density at radius 2 is 2.00 bits per heavy atom. The average molecular weight is 257 g/mol. The van der Waals surface area contributed by atoms with Crippen molar-refractivity contribution in [2.45, 2.75) is 45.6 Å². The van der Waals surface area contributed by atoms with Gasteiger partial charge in [0, 0.05) is 18.6 Å². The molecule has 0 spiro atoms. The summed E-state index contributed by atoms with van der Waals surface area (Å²) in [5, 5.41) is 0. The van der Waals surface area contributed by atoms with Crippen molar-refractivity contribution in [1.82, 2.24) is 0 Å². The average Bonchev–Trinajstić information content (AvgIpc) is 2.41. The lowest BCUT2D eigenvalue weighted by atomic mass is 9.76.